The molecule has 0 fully saturated rings. The molecule has 1 amide bonds. The molecule has 1 aromatic heterocycles. The van der Waals surface area contributed by atoms with E-state index in [1.54, 1.807) is 4.68 Å². The van der Waals surface area contributed by atoms with Crippen LogP contribution in [0.4, 0.5) is 0 Å². The van der Waals surface area contributed by atoms with Gasteiger partial charge in [0.05, 0.1) is 18.8 Å². The molecule has 0 aromatic carbocycles. The Hall–Kier alpha value is -1.56. The van der Waals surface area contributed by atoms with Gasteiger partial charge < -0.3 is 15.2 Å². The van der Waals surface area contributed by atoms with E-state index in [1.165, 1.54) is 0 Å². The van der Waals surface area contributed by atoms with Crippen molar-refractivity contribution in [1.82, 2.24) is 9.78 Å². The number of nitrogens with two attached hydrogens (primary N) is 1. The maximum Gasteiger partial charge on any atom is 0.269 e. The summed E-state index contributed by atoms with van der Waals surface area (Å²) in [6.07, 6.45) is 1.82. The summed E-state index contributed by atoms with van der Waals surface area (Å²) in [5.74, 6) is 0.0896. The molecule has 2 N–H and O–H groups in total. The van der Waals surface area contributed by atoms with E-state index in [0.29, 0.717) is 31.3 Å². The van der Waals surface area contributed by atoms with Gasteiger partial charge in [-0.2, -0.15) is 5.10 Å². The van der Waals surface area contributed by atoms with Crippen LogP contribution in [0.3, 0.4) is 0 Å². The van der Waals surface area contributed by atoms with Gasteiger partial charge in [0.1, 0.15) is 0 Å². The maximum atomic E-state index is 11.3. The number of primary amides is 1. The maximum absolute atomic E-state index is 11.3. The minimum Gasteiger partial charge on any atom is -0.477 e. The van der Waals surface area contributed by atoms with Crippen molar-refractivity contribution in [3.8, 4) is 5.88 Å². The van der Waals surface area contributed by atoms with Crippen molar-refractivity contribution in [3.63, 3.8) is 0 Å². The van der Waals surface area contributed by atoms with Crippen molar-refractivity contribution < 1.29 is 14.3 Å². The normalized spacial score (nSPS) is 14.2. The van der Waals surface area contributed by atoms with Gasteiger partial charge in [-0.05, 0) is 6.42 Å². The van der Waals surface area contributed by atoms with E-state index in [2.05, 4.69) is 5.10 Å². The molecule has 6 nitrogen and oxygen atoms in total. The number of aromatic nitrogens is 2. The van der Waals surface area contributed by atoms with Gasteiger partial charge >= 0.3 is 0 Å². The minimum atomic E-state index is -0.536. The second-order valence-corrected chi connectivity index (χ2v) is 3.97. The van der Waals surface area contributed by atoms with Gasteiger partial charge in [-0.25, -0.2) is 4.68 Å². The van der Waals surface area contributed by atoms with Crippen LogP contribution in [0, 0.1) is 0 Å². The lowest BCUT2D eigenvalue weighted by Crippen LogP contribution is -2.15. The number of fused-ring (bicyclic) bond motifs is 1. The molecule has 94 valence electrons. The summed E-state index contributed by atoms with van der Waals surface area (Å²) in [7, 11) is 0. The zero-order valence-electron chi connectivity index (χ0n) is 9.94. The molecule has 0 bridgehead atoms. The molecule has 6 heteroatoms. The van der Waals surface area contributed by atoms with Crippen LogP contribution in [0.1, 0.15) is 35.8 Å². The van der Waals surface area contributed by atoms with Crippen molar-refractivity contribution in [3.05, 3.63) is 11.3 Å². The Bertz CT molecular complexity index is 414. The first-order valence-electron chi connectivity index (χ1n) is 5.84. The molecule has 0 unspecified atom stereocenters. The lowest BCUT2D eigenvalue weighted by molar-refractivity contribution is 0.0978. The summed E-state index contributed by atoms with van der Waals surface area (Å²) in [6, 6.07) is 0. The molecule has 1 aromatic rings. The fraction of sp³-hybridized carbons (Fsp3) is 0.636. The number of nitrogens with zero attached hydrogens (tertiary/aromatic N) is 2. The van der Waals surface area contributed by atoms with Crippen LogP contribution >= 0.6 is 0 Å². The van der Waals surface area contributed by atoms with Crippen LogP contribution < -0.4 is 10.5 Å². The van der Waals surface area contributed by atoms with Crippen LogP contribution in [-0.2, 0) is 17.9 Å². The molecular formula is C11H17N3O3. The predicted molar refractivity (Wildman–Crippen MR) is 60.8 cm³/mol. The summed E-state index contributed by atoms with van der Waals surface area (Å²) in [5, 5.41) is 4.17. The van der Waals surface area contributed by atoms with Gasteiger partial charge in [-0.15, -0.1) is 0 Å². The fourth-order valence-electron chi connectivity index (χ4n) is 1.83. The van der Waals surface area contributed by atoms with E-state index in [-0.39, 0.29) is 5.69 Å². The number of amides is 1. The standard InChI is InChI=1S/C11H17N3O3/c1-2-5-16-7-8-9(10(12)15)13-14-4-3-6-17-11(8)14/h2-7H2,1H3,(H2,12,15). The summed E-state index contributed by atoms with van der Waals surface area (Å²) >= 11 is 0. The third-order valence-corrected chi connectivity index (χ3v) is 2.58. The highest BCUT2D eigenvalue weighted by atomic mass is 16.5. The molecule has 2 heterocycles. The van der Waals surface area contributed by atoms with Crippen LogP contribution in [-0.4, -0.2) is 28.9 Å². The number of aryl methyl sites for hydroxylation is 1. The number of carbonyl (C=O) groups is 1. The molecule has 17 heavy (non-hydrogen) atoms. The van der Waals surface area contributed by atoms with Crippen molar-refractivity contribution in [2.75, 3.05) is 13.2 Å². The van der Waals surface area contributed by atoms with Gasteiger partial charge in [0.15, 0.2) is 5.69 Å². The van der Waals surface area contributed by atoms with Crippen LogP contribution in [0.5, 0.6) is 5.88 Å². The highest BCUT2D eigenvalue weighted by molar-refractivity contribution is 5.92. The average molecular weight is 239 g/mol. The topological polar surface area (TPSA) is 79.4 Å². The zero-order chi connectivity index (χ0) is 12.3. The largest absolute Gasteiger partial charge is 0.477 e. The molecule has 0 saturated carbocycles. The van der Waals surface area contributed by atoms with Gasteiger partial charge in [0.25, 0.3) is 5.91 Å². The van der Waals surface area contributed by atoms with Crippen LogP contribution in [0.25, 0.3) is 0 Å². The minimum absolute atomic E-state index is 0.262. The predicted octanol–water partition coefficient (Wildman–Crippen LogP) is 0.691. The highest BCUT2D eigenvalue weighted by Crippen LogP contribution is 2.26. The van der Waals surface area contributed by atoms with Crippen molar-refractivity contribution in [2.24, 2.45) is 5.73 Å². The summed E-state index contributed by atoms with van der Waals surface area (Å²) in [6.45, 7) is 4.39. The number of hydrogen-bond acceptors (Lipinski definition) is 4. The van der Waals surface area contributed by atoms with E-state index in [0.717, 1.165) is 19.4 Å². The van der Waals surface area contributed by atoms with E-state index >= 15 is 0 Å². The van der Waals surface area contributed by atoms with Crippen molar-refractivity contribution >= 4 is 5.91 Å². The smallest absolute Gasteiger partial charge is 0.269 e. The molecule has 2 rings (SSSR count). The van der Waals surface area contributed by atoms with Gasteiger partial charge in [-0.1, -0.05) is 6.92 Å². The molecule has 0 spiro atoms. The Morgan fingerprint density at radius 1 is 1.65 bits per heavy atom. The molecule has 0 radical (unpaired) electrons. The first-order valence-corrected chi connectivity index (χ1v) is 5.84. The highest BCUT2D eigenvalue weighted by Gasteiger charge is 2.24. The molecule has 1 aliphatic heterocycles. The third-order valence-electron chi connectivity index (χ3n) is 2.58. The van der Waals surface area contributed by atoms with E-state index in [1.807, 2.05) is 6.92 Å². The summed E-state index contributed by atoms with van der Waals surface area (Å²) in [5.41, 5.74) is 6.24. The first kappa shape index (κ1) is 11.9. The number of ether oxygens (including phenoxy) is 2. The van der Waals surface area contributed by atoms with Crippen molar-refractivity contribution in [1.29, 1.82) is 0 Å². The number of carbonyl (C=O) groups excluding carboxylic acids is 1. The molecular weight excluding hydrogens is 222 g/mol. The lowest BCUT2D eigenvalue weighted by atomic mass is 10.2. The SMILES string of the molecule is CCCOCc1c(C(N)=O)nn2c1OCCC2. The second kappa shape index (κ2) is 5.18. The van der Waals surface area contributed by atoms with Gasteiger partial charge in [0, 0.05) is 19.6 Å². The Morgan fingerprint density at radius 3 is 3.18 bits per heavy atom. The monoisotopic (exact) mass is 239 g/mol. The lowest BCUT2D eigenvalue weighted by Gasteiger charge is -2.15. The third kappa shape index (κ3) is 2.41. The van der Waals surface area contributed by atoms with Crippen LogP contribution in [0.2, 0.25) is 0 Å². The molecule has 0 atom stereocenters. The Kier molecular flexibility index (Phi) is 3.63. The summed E-state index contributed by atoms with van der Waals surface area (Å²) in [4.78, 5) is 11.3. The summed E-state index contributed by atoms with van der Waals surface area (Å²) < 4.78 is 12.7. The Balaban J connectivity index is 2.25. The first-order chi connectivity index (χ1) is 8.24. The Labute approximate surface area is 99.7 Å². The second-order valence-electron chi connectivity index (χ2n) is 3.97. The number of hydrogen-bond donors (Lipinski definition) is 1. The van der Waals surface area contributed by atoms with E-state index in [9.17, 15) is 4.79 Å². The fourth-order valence-corrected chi connectivity index (χ4v) is 1.83. The van der Waals surface area contributed by atoms with Gasteiger partial charge in [-0.3, -0.25) is 4.79 Å². The van der Waals surface area contributed by atoms with Crippen LogP contribution in [0.15, 0.2) is 0 Å². The quantitative estimate of drug-likeness (QED) is 0.767. The zero-order valence-corrected chi connectivity index (χ0v) is 9.94. The number of rotatable bonds is 5. The average Bonchev–Trinajstić information content (AvgIpc) is 2.69. The van der Waals surface area contributed by atoms with E-state index < -0.39 is 5.91 Å². The van der Waals surface area contributed by atoms with Gasteiger partial charge in [0.2, 0.25) is 5.88 Å². The van der Waals surface area contributed by atoms with Crippen molar-refractivity contribution in [2.45, 2.75) is 32.9 Å². The molecule has 1 aliphatic rings. The van der Waals surface area contributed by atoms with E-state index in [4.69, 9.17) is 15.2 Å². The molecule has 0 saturated heterocycles. The molecule has 0 aliphatic carbocycles. The Morgan fingerprint density at radius 2 is 2.47 bits per heavy atom.